The first-order valence-electron chi connectivity index (χ1n) is 7.56. The van der Waals surface area contributed by atoms with Gasteiger partial charge in [-0.05, 0) is 19.8 Å². The first-order chi connectivity index (χ1) is 10.0. The van der Waals surface area contributed by atoms with Gasteiger partial charge in [-0.15, -0.1) is 0 Å². The molecule has 1 rings (SSSR count). The molecule has 2 N–H and O–H groups in total. The van der Waals surface area contributed by atoms with E-state index in [0.717, 1.165) is 43.0 Å². The van der Waals surface area contributed by atoms with Crippen LogP contribution in [0.15, 0.2) is 6.33 Å². The fraction of sp³-hybridized carbons (Fsp3) is 0.667. The Kier molecular flexibility index (Phi) is 6.91. The number of anilines is 2. The molecule has 0 aliphatic rings. The third kappa shape index (κ3) is 4.88. The van der Waals surface area contributed by atoms with Crippen molar-refractivity contribution in [1.82, 2.24) is 14.9 Å². The number of aromatic nitrogens is 2. The van der Waals surface area contributed by atoms with E-state index in [-0.39, 0.29) is 11.9 Å². The Bertz CT molecular complexity index is 461. The first kappa shape index (κ1) is 17.2. The highest BCUT2D eigenvalue weighted by atomic mass is 16.2. The van der Waals surface area contributed by atoms with Gasteiger partial charge in [-0.2, -0.15) is 0 Å². The summed E-state index contributed by atoms with van der Waals surface area (Å²) in [5.74, 6) is 1.63. The molecule has 21 heavy (non-hydrogen) atoms. The highest BCUT2D eigenvalue weighted by molar-refractivity contribution is 5.84. The number of nitrogens with one attached hydrogen (secondary N) is 2. The van der Waals surface area contributed by atoms with Gasteiger partial charge in [0.15, 0.2) is 0 Å². The van der Waals surface area contributed by atoms with Crippen LogP contribution in [0, 0.1) is 0 Å². The lowest BCUT2D eigenvalue weighted by Gasteiger charge is -2.21. The summed E-state index contributed by atoms with van der Waals surface area (Å²) in [5.41, 5.74) is 1.05. The Morgan fingerprint density at radius 2 is 1.90 bits per heavy atom. The van der Waals surface area contributed by atoms with Crippen molar-refractivity contribution in [3.8, 4) is 0 Å². The van der Waals surface area contributed by atoms with Crippen LogP contribution in [-0.2, 0) is 11.2 Å². The van der Waals surface area contributed by atoms with E-state index in [2.05, 4.69) is 34.4 Å². The van der Waals surface area contributed by atoms with Gasteiger partial charge < -0.3 is 15.5 Å². The lowest BCUT2D eigenvalue weighted by Crippen LogP contribution is -2.37. The van der Waals surface area contributed by atoms with Crippen LogP contribution in [0.2, 0.25) is 0 Å². The zero-order valence-corrected chi connectivity index (χ0v) is 13.7. The molecule has 6 nitrogen and oxygen atoms in total. The lowest BCUT2D eigenvalue weighted by atomic mass is 10.1. The Labute approximate surface area is 127 Å². The standard InChI is InChI=1S/C15H27N5O/c1-6-8-12-13(16-9-7-2)17-10-18-14(12)19-11(3)15(21)20(4)5/h10-11H,6-9H2,1-5H3,(H2,16,17,18,19). The molecule has 1 aromatic heterocycles. The van der Waals surface area contributed by atoms with Crippen LogP contribution in [0.25, 0.3) is 0 Å². The maximum atomic E-state index is 12.0. The molecule has 0 aliphatic heterocycles. The van der Waals surface area contributed by atoms with Crippen LogP contribution in [0.1, 0.15) is 39.2 Å². The zero-order valence-electron chi connectivity index (χ0n) is 13.7. The quantitative estimate of drug-likeness (QED) is 0.768. The van der Waals surface area contributed by atoms with Gasteiger partial charge in [-0.1, -0.05) is 20.3 Å². The van der Waals surface area contributed by atoms with Crippen molar-refractivity contribution in [1.29, 1.82) is 0 Å². The SMILES string of the molecule is CCCNc1ncnc(NC(C)C(=O)N(C)C)c1CCC. The molecule has 0 saturated carbocycles. The van der Waals surface area contributed by atoms with Gasteiger partial charge in [0.2, 0.25) is 5.91 Å². The van der Waals surface area contributed by atoms with Gasteiger partial charge in [-0.25, -0.2) is 9.97 Å². The molecule has 0 fully saturated rings. The highest BCUT2D eigenvalue weighted by Gasteiger charge is 2.18. The van der Waals surface area contributed by atoms with Crippen LogP contribution in [0.5, 0.6) is 0 Å². The van der Waals surface area contributed by atoms with Crippen LogP contribution >= 0.6 is 0 Å². The van der Waals surface area contributed by atoms with Crippen molar-refractivity contribution in [3.05, 3.63) is 11.9 Å². The topological polar surface area (TPSA) is 70.1 Å². The van der Waals surface area contributed by atoms with E-state index >= 15 is 0 Å². The largest absolute Gasteiger partial charge is 0.370 e. The second kappa shape index (κ2) is 8.44. The zero-order chi connectivity index (χ0) is 15.8. The average molecular weight is 293 g/mol. The molecule has 1 atom stereocenters. The molecule has 6 heteroatoms. The first-order valence-corrected chi connectivity index (χ1v) is 7.56. The number of amides is 1. The molecule has 1 unspecified atom stereocenters. The van der Waals surface area contributed by atoms with Crippen molar-refractivity contribution < 1.29 is 4.79 Å². The molecule has 0 aliphatic carbocycles. The lowest BCUT2D eigenvalue weighted by molar-refractivity contribution is -0.129. The summed E-state index contributed by atoms with van der Waals surface area (Å²) in [6.07, 6.45) is 4.44. The number of hydrogen-bond donors (Lipinski definition) is 2. The van der Waals surface area contributed by atoms with Gasteiger partial charge in [0.1, 0.15) is 24.0 Å². The molecular weight excluding hydrogens is 266 g/mol. The van der Waals surface area contributed by atoms with Crippen molar-refractivity contribution in [3.63, 3.8) is 0 Å². The molecule has 0 bridgehead atoms. The summed E-state index contributed by atoms with van der Waals surface area (Å²) >= 11 is 0. The molecule has 1 heterocycles. The number of nitrogens with zero attached hydrogens (tertiary/aromatic N) is 3. The van der Waals surface area contributed by atoms with Gasteiger partial charge >= 0.3 is 0 Å². The Morgan fingerprint density at radius 1 is 1.24 bits per heavy atom. The molecule has 118 valence electrons. The minimum Gasteiger partial charge on any atom is -0.370 e. The minimum absolute atomic E-state index is 0.0270. The number of carbonyl (C=O) groups excluding carboxylic acids is 1. The van der Waals surface area contributed by atoms with E-state index in [4.69, 9.17) is 0 Å². The van der Waals surface area contributed by atoms with Crippen molar-refractivity contribution >= 4 is 17.5 Å². The summed E-state index contributed by atoms with van der Waals surface area (Å²) in [7, 11) is 3.50. The minimum atomic E-state index is -0.315. The van der Waals surface area contributed by atoms with Crippen LogP contribution in [-0.4, -0.2) is 47.5 Å². The van der Waals surface area contributed by atoms with E-state index in [1.165, 1.54) is 6.33 Å². The number of rotatable bonds is 8. The van der Waals surface area contributed by atoms with E-state index in [0.29, 0.717) is 0 Å². The second-order valence-corrected chi connectivity index (χ2v) is 5.32. The smallest absolute Gasteiger partial charge is 0.244 e. The summed E-state index contributed by atoms with van der Waals surface area (Å²) < 4.78 is 0. The normalized spacial score (nSPS) is 11.9. The van der Waals surface area contributed by atoms with Crippen LogP contribution in [0.4, 0.5) is 11.6 Å². The van der Waals surface area contributed by atoms with Gasteiger partial charge in [0, 0.05) is 26.2 Å². The van der Waals surface area contributed by atoms with Crippen molar-refractivity contribution in [2.45, 2.75) is 46.1 Å². The fourth-order valence-electron chi connectivity index (χ4n) is 2.07. The second-order valence-electron chi connectivity index (χ2n) is 5.32. The summed E-state index contributed by atoms with van der Waals surface area (Å²) in [6, 6.07) is -0.315. The van der Waals surface area contributed by atoms with Crippen molar-refractivity contribution in [2.75, 3.05) is 31.3 Å². The number of likely N-dealkylation sites (N-methyl/N-ethyl adjacent to an activating group) is 1. The van der Waals surface area contributed by atoms with Gasteiger partial charge in [0.05, 0.1) is 0 Å². The van der Waals surface area contributed by atoms with Gasteiger partial charge in [-0.3, -0.25) is 4.79 Å². The van der Waals surface area contributed by atoms with Crippen molar-refractivity contribution in [2.24, 2.45) is 0 Å². The molecule has 0 aromatic carbocycles. The Morgan fingerprint density at radius 3 is 2.48 bits per heavy atom. The van der Waals surface area contributed by atoms with E-state index in [1.54, 1.807) is 19.0 Å². The average Bonchev–Trinajstić information content (AvgIpc) is 2.46. The molecule has 0 saturated heterocycles. The fourth-order valence-corrected chi connectivity index (χ4v) is 2.07. The predicted molar refractivity (Wildman–Crippen MR) is 86.6 cm³/mol. The van der Waals surface area contributed by atoms with E-state index in [1.807, 2.05) is 6.92 Å². The number of carbonyl (C=O) groups is 1. The van der Waals surface area contributed by atoms with Gasteiger partial charge in [0.25, 0.3) is 0 Å². The monoisotopic (exact) mass is 293 g/mol. The third-order valence-corrected chi connectivity index (χ3v) is 3.15. The summed E-state index contributed by atoms with van der Waals surface area (Å²) in [6.45, 7) is 6.96. The molecule has 0 spiro atoms. The molecule has 1 aromatic rings. The van der Waals surface area contributed by atoms with Crippen LogP contribution in [0.3, 0.4) is 0 Å². The molecular formula is C15H27N5O. The van der Waals surface area contributed by atoms with Crippen LogP contribution < -0.4 is 10.6 Å². The van der Waals surface area contributed by atoms with E-state index in [9.17, 15) is 4.79 Å². The molecule has 0 radical (unpaired) electrons. The Hall–Kier alpha value is -1.85. The van der Waals surface area contributed by atoms with E-state index < -0.39 is 0 Å². The number of hydrogen-bond acceptors (Lipinski definition) is 5. The Balaban J connectivity index is 2.97. The predicted octanol–water partition coefficient (Wildman–Crippen LogP) is 2.14. The third-order valence-electron chi connectivity index (χ3n) is 3.15. The summed E-state index contributed by atoms with van der Waals surface area (Å²) in [5, 5.41) is 6.54. The summed E-state index contributed by atoms with van der Waals surface area (Å²) in [4.78, 5) is 22.2. The highest BCUT2D eigenvalue weighted by Crippen LogP contribution is 2.22. The maximum absolute atomic E-state index is 12.0. The molecule has 1 amide bonds. The maximum Gasteiger partial charge on any atom is 0.244 e.